The molecule has 5 heteroatoms. The van der Waals surface area contributed by atoms with Gasteiger partial charge in [0.2, 0.25) is 0 Å². The van der Waals surface area contributed by atoms with Gasteiger partial charge >= 0.3 is 0 Å². The van der Waals surface area contributed by atoms with E-state index in [2.05, 4.69) is 15.0 Å². The maximum Gasteiger partial charge on any atom is 0.181 e. The smallest absolute Gasteiger partial charge is 0.181 e. The van der Waals surface area contributed by atoms with E-state index in [1.165, 1.54) is 12.8 Å². The van der Waals surface area contributed by atoms with Crippen molar-refractivity contribution >= 4 is 23.2 Å². The second kappa shape index (κ2) is 5.66. The first-order chi connectivity index (χ1) is 9.65. The van der Waals surface area contributed by atoms with Crippen molar-refractivity contribution < 1.29 is 0 Å². The van der Waals surface area contributed by atoms with Crippen molar-refractivity contribution in [1.82, 2.24) is 15.0 Å². The molecule has 0 aliphatic heterocycles. The van der Waals surface area contributed by atoms with Crippen molar-refractivity contribution in [2.75, 3.05) is 0 Å². The quantitative estimate of drug-likeness (QED) is 0.747. The number of aromatic nitrogens is 3. The molecule has 3 rings (SSSR count). The Bertz CT molecular complexity index is 597. The fourth-order valence-corrected chi connectivity index (χ4v) is 3.38. The molecule has 0 radical (unpaired) electrons. The third kappa shape index (κ3) is 2.65. The van der Waals surface area contributed by atoms with E-state index in [0.717, 1.165) is 24.0 Å². The summed E-state index contributed by atoms with van der Waals surface area (Å²) >= 11 is 12.7. The van der Waals surface area contributed by atoms with Crippen LogP contribution in [0.25, 0.3) is 11.5 Å². The van der Waals surface area contributed by atoms with Gasteiger partial charge in [-0.25, -0.2) is 9.97 Å². The number of hydrogen-bond acceptors (Lipinski definition) is 3. The van der Waals surface area contributed by atoms with E-state index in [4.69, 9.17) is 23.2 Å². The first kappa shape index (κ1) is 13.8. The molecule has 0 saturated heterocycles. The molecule has 1 aliphatic rings. The first-order valence-corrected chi connectivity index (χ1v) is 7.56. The minimum atomic E-state index is 0.398. The number of rotatable bonds is 2. The van der Waals surface area contributed by atoms with Gasteiger partial charge in [-0.2, -0.15) is 0 Å². The molecule has 2 aromatic heterocycles. The normalized spacial score (nSPS) is 15.8. The zero-order valence-electron chi connectivity index (χ0n) is 11.2. The van der Waals surface area contributed by atoms with Gasteiger partial charge in [-0.15, -0.1) is 0 Å². The van der Waals surface area contributed by atoms with E-state index in [1.54, 1.807) is 6.20 Å². The van der Waals surface area contributed by atoms with Crippen molar-refractivity contribution in [2.24, 2.45) is 0 Å². The predicted molar refractivity (Wildman–Crippen MR) is 81.2 cm³/mol. The van der Waals surface area contributed by atoms with E-state index in [1.807, 2.05) is 19.1 Å². The topological polar surface area (TPSA) is 38.7 Å². The number of pyridine rings is 1. The average Bonchev–Trinajstić information content (AvgIpc) is 2.92. The second-order valence-electron chi connectivity index (χ2n) is 5.24. The standard InChI is InChI=1S/C15H15Cl2N3/c1-9-6-7-11(18-8-9)15-19-13(16)12(14(17)20-15)10-4-2-3-5-10/h6-8,10H,2-5H2,1H3. The summed E-state index contributed by atoms with van der Waals surface area (Å²) in [7, 11) is 0. The molecule has 104 valence electrons. The summed E-state index contributed by atoms with van der Waals surface area (Å²) < 4.78 is 0. The summed E-state index contributed by atoms with van der Waals surface area (Å²) in [5.74, 6) is 0.886. The molecule has 1 aliphatic carbocycles. The molecular formula is C15H15Cl2N3. The average molecular weight is 308 g/mol. The highest BCUT2D eigenvalue weighted by atomic mass is 35.5. The van der Waals surface area contributed by atoms with Crippen LogP contribution in [0.2, 0.25) is 10.3 Å². The fourth-order valence-electron chi connectivity index (χ4n) is 2.68. The molecule has 0 N–H and O–H groups in total. The lowest BCUT2D eigenvalue weighted by Crippen LogP contribution is -2.02. The van der Waals surface area contributed by atoms with Crippen LogP contribution < -0.4 is 0 Å². The molecule has 0 aromatic carbocycles. The van der Waals surface area contributed by atoms with Gasteiger partial charge in [-0.1, -0.05) is 42.1 Å². The van der Waals surface area contributed by atoms with Gasteiger partial charge in [0.1, 0.15) is 16.0 Å². The molecule has 20 heavy (non-hydrogen) atoms. The van der Waals surface area contributed by atoms with Crippen LogP contribution in [0, 0.1) is 6.92 Å². The van der Waals surface area contributed by atoms with Gasteiger partial charge < -0.3 is 0 Å². The molecule has 0 bridgehead atoms. The van der Waals surface area contributed by atoms with Crippen molar-refractivity contribution in [3.8, 4) is 11.5 Å². The highest BCUT2D eigenvalue weighted by Gasteiger charge is 2.24. The lowest BCUT2D eigenvalue weighted by molar-refractivity contribution is 0.715. The molecule has 0 unspecified atom stereocenters. The summed E-state index contributed by atoms with van der Waals surface area (Å²) in [6.07, 6.45) is 6.46. The Balaban J connectivity index is 2.00. The first-order valence-electron chi connectivity index (χ1n) is 6.81. The maximum absolute atomic E-state index is 6.33. The SMILES string of the molecule is Cc1ccc(-c2nc(Cl)c(C3CCCC3)c(Cl)n2)nc1. The largest absolute Gasteiger partial charge is 0.253 e. The van der Waals surface area contributed by atoms with Crippen LogP contribution in [-0.4, -0.2) is 15.0 Å². The van der Waals surface area contributed by atoms with Gasteiger partial charge in [0, 0.05) is 11.8 Å². The Hall–Kier alpha value is -1.19. The molecule has 1 fully saturated rings. The van der Waals surface area contributed by atoms with E-state index in [0.29, 0.717) is 27.7 Å². The van der Waals surface area contributed by atoms with E-state index < -0.39 is 0 Å². The number of halogens is 2. The zero-order chi connectivity index (χ0) is 14.1. The highest BCUT2D eigenvalue weighted by molar-refractivity contribution is 6.34. The van der Waals surface area contributed by atoms with Gasteiger partial charge in [0.15, 0.2) is 5.82 Å². The van der Waals surface area contributed by atoms with E-state index in [-0.39, 0.29) is 0 Å². The van der Waals surface area contributed by atoms with Crippen molar-refractivity contribution in [3.63, 3.8) is 0 Å². The van der Waals surface area contributed by atoms with Crippen LogP contribution in [0.4, 0.5) is 0 Å². The lowest BCUT2D eigenvalue weighted by atomic mass is 10.0. The van der Waals surface area contributed by atoms with E-state index >= 15 is 0 Å². The Kier molecular flexibility index (Phi) is 3.90. The molecular weight excluding hydrogens is 293 g/mol. The van der Waals surface area contributed by atoms with Gasteiger partial charge in [0.05, 0.1) is 0 Å². The maximum atomic E-state index is 6.33. The molecule has 2 aromatic rings. The highest BCUT2D eigenvalue weighted by Crippen LogP contribution is 2.40. The summed E-state index contributed by atoms with van der Waals surface area (Å²) in [5, 5.41) is 0.934. The van der Waals surface area contributed by atoms with Crippen LogP contribution in [0.1, 0.15) is 42.7 Å². The minimum absolute atomic E-state index is 0.398. The third-order valence-corrected chi connectivity index (χ3v) is 4.33. The molecule has 2 heterocycles. The Morgan fingerprint density at radius 3 is 2.25 bits per heavy atom. The molecule has 3 nitrogen and oxygen atoms in total. The number of nitrogens with zero attached hydrogens (tertiary/aromatic N) is 3. The van der Waals surface area contributed by atoms with E-state index in [9.17, 15) is 0 Å². The van der Waals surface area contributed by atoms with Crippen LogP contribution in [0.3, 0.4) is 0 Å². The third-order valence-electron chi connectivity index (χ3n) is 3.76. The molecule has 1 saturated carbocycles. The van der Waals surface area contributed by atoms with Gasteiger partial charge in [0.25, 0.3) is 0 Å². The molecule has 0 atom stereocenters. The zero-order valence-corrected chi connectivity index (χ0v) is 12.7. The monoisotopic (exact) mass is 307 g/mol. The molecule has 0 spiro atoms. The Labute approximate surface area is 128 Å². The summed E-state index contributed by atoms with van der Waals surface area (Å²) in [6.45, 7) is 1.99. The van der Waals surface area contributed by atoms with Gasteiger partial charge in [-0.3, -0.25) is 4.98 Å². The van der Waals surface area contributed by atoms with Crippen LogP contribution in [0.5, 0.6) is 0 Å². The number of hydrogen-bond donors (Lipinski definition) is 0. The molecule has 0 amide bonds. The fraction of sp³-hybridized carbons (Fsp3) is 0.400. The van der Waals surface area contributed by atoms with Gasteiger partial charge in [-0.05, 0) is 37.3 Å². The lowest BCUT2D eigenvalue weighted by Gasteiger charge is -2.13. The summed E-state index contributed by atoms with van der Waals surface area (Å²) in [5.41, 5.74) is 2.69. The Morgan fingerprint density at radius 1 is 1.05 bits per heavy atom. The summed E-state index contributed by atoms with van der Waals surface area (Å²) in [6, 6.07) is 3.85. The number of aryl methyl sites for hydroxylation is 1. The minimum Gasteiger partial charge on any atom is -0.253 e. The second-order valence-corrected chi connectivity index (χ2v) is 5.96. The van der Waals surface area contributed by atoms with Crippen molar-refractivity contribution in [3.05, 3.63) is 39.8 Å². The summed E-state index contributed by atoms with van der Waals surface area (Å²) in [4.78, 5) is 13.1. The van der Waals surface area contributed by atoms with Crippen molar-refractivity contribution in [1.29, 1.82) is 0 Å². The van der Waals surface area contributed by atoms with Crippen molar-refractivity contribution in [2.45, 2.75) is 38.5 Å². The van der Waals surface area contributed by atoms with Crippen LogP contribution >= 0.6 is 23.2 Å². The predicted octanol–water partition coefficient (Wildman–Crippen LogP) is 4.81. The van der Waals surface area contributed by atoms with Crippen LogP contribution in [-0.2, 0) is 0 Å². The van der Waals surface area contributed by atoms with Crippen LogP contribution in [0.15, 0.2) is 18.3 Å². The Morgan fingerprint density at radius 2 is 1.70 bits per heavy atom.